The van der Waals surface area contributed by atoms with Gasteiger partial charge in [0.2, 0.25) is 0 Å². The average molecular weight is 257 g/mol. The number of rotatable bonds is 4. The van der Waals surface area contributed by atoms with Gasteiger partial charge in [0.1, 0.15) is 30.5 Å². The van der Waals surface area contributed by atoms with E-state index in [0.29, 0.717) is 5.82 Å². The largest absolute Gasteiger partial charge is 0.387 e. The number of aliphatic hydroxyl groups excluding tert-OH is 2. The van der Waals surface area contributed by atoms with Crippen LogP contribution in [0.1, 0.15) is 25.9 Å². The molecule has 0 aliphatic carbocycles. The van der Waals surface area contributed by atoms with E-state index in [-0.39, 0.29) is 12.7 Å². The van der Waals surface area contributed by atoms with E-state index in [1.807, 2.05) is 13.8 Å². The lowest BCUT2D eigenvalue weighted by atomic mass is 10.1. The lowest BCUT2D eigenvalue weighted by Gasteiger charge is -2.16. The third-order valence-corrected chi connectivity index (χ3v) is 2.81. The van der Waals surface area contributed by atoms with Crippen molar-refractivity contribution in [1.82, 2.24) is 14.8 Å². The van der Waals surface area contributed by atoms with Crippen LogP contribution in [0.5, 0.6) is 0 Å². The van der Waals surface area contributed by atoms with Gasteiger partial charge in [-0.2, -0.15) is 5.10 Å². The Morgan fingerprint density at radius 2 is 2.17 bits per heavy atom. The van der Waals surface area contributed by atoms with Gasteiger partial charge in [0.15, 0.2) is 6.23 Å². The summed E-state index contributed by atoms with van der Waals surface area (Å²) in [5, 5.41) is 23.9. The standard InChI is InChI=1S/C11H19N3O4/c1-6(2)17-4-8-9(15)10(16)11(18-8)14-5-12-7(3)13-14/h5-6,8-11,15-16H,4H2,1-3H3/t8-,9-,10-,11-/m1/s1. The minimum atomic E-state index is -1.04. The van der Waals surface area contributed by atoms with Crippen LogP contribution < -0.4 is 0 Å². The Kier molecular flexibility index (Phi) is 3.96. The molecule has 1 aromatic rings. The summed E-state index contributed by atoms with van der Waals surface area (Å²) in [6, 6.07) is 0. The SMILES string of the molecule is Cc1ncn([C@@H]2O[C@H](COC(C)C)[C@@H](O)[C@H]2O)n1. The van der Waals surface area contributed by atoms with Gasteiger partial charge in [-0.3, -0.25) is 0 Å². The summed E-state index contributed by atoms with van der Waals surface area (Å²) in [7, 11) is 0. The molecule has 0 amide bonds. The molecule has 1 aliphatic rings. The van der Waals surface area contributed by atoms with E-state index in [9.17, 15) is 10.2 Å². The maximum atomic E-state index is 9.94. The van der Waals surface area contributed by atoms with Crippen LogP contribution >= 0.6 is 0 Å². The zero-order valence-electron chi connectivity index (χ0n) is 10.7. The molecule has 7 nitrogen and oxygen atoms in total. The topological polar surface area (TPSA) is 89.6 Å². The van der Waals surface area contributed by atoms with Gasteiger partial charge >= 0.3 is 0 Å². The first-order chi connectivity index (χ1) is 8.49. The second-order valence-electron chi connectivity index (χ2n) is 4.70. The Hall–Kier alpha value is -1.02. The smallest absolute Gasteiger partial charge is 0.180 e. The molecule has 1 aliphatic heterocycles. The molecule has 1 saturated heterocycles. The summed E-state index contributed by atoms with van der Waals surface area (Å²) in [5.74, 6) is 0.585. The van der Waals surface area contributed by atoms with Crippen molar-refractivity contribution >= 4 is 0 Å². The molecule has 0 saturated carbocycles. The predicted molar refractivity (Wildman–Crippen MR) is 61.8 cm³/mol. The van der Waals surface area contributed by atoms with Gasteiger partial charge in [-0.25, -0.2) is 9.67 Å². The third kappa shape index (κ3) is 2.69. The molecule has 0 bridgehead atoms. The Morgan fingerprint density at radius 1 is 1.44 bits per heavy atom. The fraction of sp³-hybridized carbons (Fsp3) is 0.818. The van der Waals surface area contributed by atoms with Gasteiger partial charge in [0.25, 0.3) is 0 Å². The van der Waals surface area contributed by atoms with Crippen LogP contribution in [-0.4, -0.2) is 56.0 Å². The maximum absolute atomic E-state index is 9.94. The third-order valence-electron chi connectivity index (χ3n) is 2.81. The second kappa shape index (κ2) is 5.31. The number of hydrogen-bond acceptors (Lipinski definition) is 6. The second-order valence-corrected chi connectivity index (χ2v) is 4.70. The van der Waals surface area contributed by atoms with E-state index in [2.05, 4.69) is 10.1 Å². The Bertz CT molecular complexity index is 395. The van der Waals surface area contributed by atoms with Crippen LogP contribution in [-0.2, 0) is 9.47 Å². The fourth-order valence-corrected chi connectivity index (χ4v) is 1.86. The molecule has 0 radical (unpaired) electrons. The molecule has 2 rings (SSSR count). The zero-order chi connectivity index (χ0) is 13.3. The number of hydrogen-bond donors (Lipinski definition) is 2. The summed E-state index contributed by atoms with van der Waals surface area (Å²) in [4.78, 5) is 3.97. The fourth-order valence-electron chi connectivity index (χ4n) is 1.86. The van der Waals surface area contributed by atoms with Crippen molar-refractivity contribution in [3.05, 3.63) is 12.2 Å². The molecule has 1 fully saturated rings. The molecule has 2 heterocycles. The summed E-state index contributed by atoms with van der Waals surface area (Å²) >= 11 is 0. The highest BCUT2D eigenvalue weighted by Gasteiger charge is 2.44. The van der Waals surface area contributed by atoms with Crippen molar-refractivity contribution in [3.63, 3.8) is 0 Å². The Labute approximate surface area is 105 Å². The number of aryl methyl sites for hydroxylation is 1. The number of aromatic nitrogens is 3. The summed E-state index contributed by atoms with van der Waals surface area (Å²) < 4.78 is 12.4. The van der Waals surface area contributed by atoms with E-state index in [0.717, 1.165) is 0 Å². The first-order valence-corrected chi connectivity index (χ1v) is 6.00. The first-order valence-electron chi connectivity index (χ1n) is 6.00. The molecular formula is C11H19N3O4. The Morgan fingerprint density at radius 3 is 2.72 bits per heavy atom. The first kappa shape index (κ1) is 13.4. The van der Waals surface area contributed by atoms with Crippen LogP contribution in [0.3, 0.4) is 0 Å². The van der Waals surface area contributed by atoms with E-state index in [1.165, 1.54) is 11.0 Å². The molecular weight excluding hydrogens is 238 g/mol. The average Bonchev–Trinajstić information content (AvgIpc) is 2.84. The maximum Gasteiger partial charge on any atom is 0.180 e. The molecule has 4 atom stereocenters. The van der Waals surface area contributed by atoms with Gasteiger partial charge in [-0.15, -0.1) is 0 Å². The summed E-state index contributed by atoms with van der Waals surface area (Å²) in [5.41, 5.74) is 0. The molecule has 102 valence electrons. The Balaban J connectivity index is 2.02. The molecule has 2 N–H and O–H groups in total. The van der Waals surface area contributed by atoms with Gasteiger partial charge in [-0.05, 0) is 20.8 Å². The normalized spacial score (nSPS) is 32.3. The van der Waals surface area contributed by atoms with Gasteiger partial charge < -0.3 is 19.7 Å². The van der Waals surface area contributed by atoms with Gasteiger partial charge in [-0.1, -0.05) is 0 Å². The quantitative estimate of drug-likeness (QED) is 0.765. The highest BCUT2D eigenvalue weighted by atomic mass is 16.6. The minimum absolute atomic E-state index is 0.0469. The van der Waals surface area contributed by atoms with Crippen LogP contribution in [0.2, 0.25) is 0 Å². The summed E-state index contributed by atoms with van der Waals surface area (Å²) in [6.45, 7) is 5.78. The lowest BCUT2D eigenvalue weighted by Crippen LogP contribution is -2.34. The number of nitrogens with zero attached hydrogens (tertiary/aromatic N) is 3. The van der Waals surface area contributed by atoms with Crippen LogP contribution in [0.4, 0.5) is 0 Å². The number of aliphatic hydroxyl groups is 2. The van der Waals surface area contributed by atoms with Crippen LogP contribution in [0.15, 0.2) is 6.33 Å². The van der Waals surface area contributed by atoms with Crippen molar-refractivity contribution in [2.24, 2.45) is 0 Å². The van der Waals surface area contributed by atoms with Gasteiger partial charge in [0, 0.05) is 0 Å². The van der Waals surface area contributed by atoms with Crippen molar-refractivity contribution in [1.29, 1.82) is 0 Å². The lowest BCUT2D eigenvalue weighted by molar-refractivity contribution is -0.0803. The van der Waals surface area contributed by atoms with Crippen LogP contribution in [0, 0.1) is 6.92 Å². The number of ether oxygens (including phenoxy) is 2. The highest BCUT2D eigenvalue weighted by Crippen LogP contribution is 2.28. The molecule has 7 heteroatoms. The predicted octanol–water partition coefficient (Wildman–Crippen LogP) is -0.369. The molecule has 0 unspecified atom stereocenters. The van der Waals surface area contributed by atoms with Gasteiger partial charge in [0.05, 0.1) is 12.7 Å². The van der Waals surface area contributed by atoms with Crippen molar-refractivity contribution in [2.45, 2.75) is 51.4 Å². The van der Waals surface area contributed by atoms with E-state index < -0.39 is 24.5 Å². The van der Waals surface area contributed by atoms with Crippen molar-refractivity contribution < 1.29 is 19.7 Å². The van der Waals surface area contributed by atoms with E-state index in [1.54, 1.807) is 6.92 Å². The van der Waals surface area contributed by atoms with Crippen LogP contribution in [0.25, 0.3) is 0 Å². The summed E-state index contributed by atoms with van der Waals surface area (Å²) in [6.07, 6.45) is -1.78. The van der Waals surface area contributed by atoms with Crippen molar-refractivity contribution in [3.8, 4) is 0 Å². The zero-order valence-corrected chi connectivity index (χ0v) is 10.7. The molecule has 0 spiro atoms. The monoisotopic (exact) mass is 257 g/mol. The highest BCUT2D eigenvalue weighted by molar-refractivity contribution is 4.90. The molecule has 18 heavy (non-hydrogen) atoms. The minimum Gasteiger partial charge on any atom is -0.387 e. The molecule has 1 aromatic heterocycles. The molecule has 0 aromatic carbocycles. The van der Waals surface area contributed by atoms with Crippen molar-refractivity contribution in [2.75, 3.05) is 6.61 Å². The van der Waals surface area contributed by atoms with E-state index in [4.69, 9.17) is 9.47 Å². The van der Waals surface area contributed by atoms with E-state index >= 15 is 0 Å².